The lowest BCUT2D eigenvalue weighted by molar-refractivity contribution is 0.212. The fourth-order valence-electron chi connectivity index (χ4n) is 2.35. The summed E-state index contributed by atoms with van der Waals surface area (Å²) in [6.45, 7) is 4.28. The summed E-state index contributed by atoms with van der Waals surface area (Å²) in [7, 11) is 1.87. The van der Waals surface area contributed by atoms with Gasteiger partial charge in [-0.1, -0.05) is 25.5 Å². The highest BCUT2D eigenvalue weighted by Crippen LogP contribution is 2.29. The summed E-state index contributed by atoms with van der Waals surface area (Å²) in [6.07, 6.45) is 2.41. The molecule has 0 amide bonds. The van der Waals surface area contributed by atoms with Crippen molar-refractivity contribution in [2.24, 2.45) is 0 Å². The van der Waals surface area contributed by atoms with E-state index in [1.165, 1.54) is 0 Å². The van der Waals surface area contributed by atoms with Crippen molar-refractivity contribution < 1.29 is 9.84 Å². The summed E-state index contributed by atoms with van der Waals surface area (Å²) in [4.78, 5) is 1.80. The molecule has 3 nitrogen and oxygen atoms in total. The monoisotopic (exact) mass is 273 g/mol. The van der Waals surface area contributed by atoms with Gasteiger partial charge in [-0.3, -0.25) is 0 Å². The molecule has 0 fully saturated rings. The molecule has 0 aliphatic rings. The van der Waals surface area contributed by atoms with E-state index in [1.807, 2.05) is 25.2 Å². The van der Waals surface area contributed by atoms with Gasteiger partial charge in [0.05, 0.1) is 6.10 Å². The number of nitrogens with zero attached hydrogens (tertiary/aromatic N) is 1. The number of hydrogen-bond donors (Lipinski definition) is 1. The number of hydrogen-bond acceptors (Lipinski definition) is 3. The SMILES string of the molecule is CCC[C@@H](C)Oc1cccc2cc(N(C)CO)ccc12. The number of anilines is 1. The van der Waals surface area contributed by atoms with Crippen LogP contribution in [0.25, 0.3) is 10.8 Å². The van der Waals surface area contributed by atoms with Gasteiger partial charge in [0.25, 0.3) is 0 Å². The molecule has 0 unspecified atom stereocenters. The van der Waals surface area contributed by atoms with E-state index >= 15 is 0 Å². The number of aliphatic hydroxyl groups is 1. The van der Waals surface area contributed by atoms with Crippen LogP contribution in [0.15, 0.2) is 36.4 Å². The van der Waals surface area contributed by atoms with Gasteiger partial charge in [-0.05, 0) is 43.0 Å². The lowest BCUT2D eigenvalue weighted by Crippen LogP contribution is -2.17. The Labute approximate surface area is 120 Å². The Morgan fingerprint density at radius 1 is 1.25 bits per heavy atom. The Morgan fingerprint density at radius 2 is 2.05 bits per heavy atom. The molecule has 0 aliphatic heterocycles. The van der Waals surface area contributed by atoms with Crippen LogP contribution in [0.3, 0.4) is 0 Å². The lowest BCUT2D eigenvalue weighted by Gasteiger charge is -2.18. The van der Waals surface area contributed by atoms with E-state index in [1.54, 1.807) is 4.90 Å². The highest BCUT2D eigenvalue weighted by molar-refractivity contribution is 5.90. The third kappa shape index (κ3) is 3.23. The molecule has 2 aromatic rings. The molecule has 0 bridgehead atoms. The molecule has 0 saturated heterocycles. The van der Waals surface area contributed by atoms with E-state index < -0.39 is 0 Å². The number of ether oxygens (including phenoxy) is 1. The standard InChI is InChI=1S/C17H23NO2/c1-4-6-13(2)20-17-8-5-7-14-11-15(18(3)12-19)9-10-16(14)17/h5,7-11,13,19H,4,6,12H2,1-3H3/t13-/m1/s1. The molecule has 0 aliphatic carbocycles. The maximum atomic E-state index is 9.19. The van der Waals surface area contributed by atoms with Gasteiger partial charge in [-0.25, -0.2) is 0 Å². The van der Waals surface area contributed by atoms with E-state index in [0.717, 1.165) is 35.1 Å². The van der Waals surface area contributed by atoms with Crippen LogP contribution in [0.5, 0.6) is 5.75 Å². The third-order valence-corrected chi connectivity index (χ3v) is 3.50. The van der Waals surface area contributed by atoms with Gasteiger partial charge < -0.3 is 14.7 Å². The number of benzene rings is 2. The van der Waals surface area contributed by atoms with Crippen molar-refractivity contribution in [3.05, 3.63) is 36.4 Å². The summed E-state index contributed by atoms with van der Waals surface area (Å²) >= 11 is 0. The van der Waals surface area contributed by atoms with Crippen LogP contribution < -0.4 is 9.64 Å². The average molecular weight is 273 g/mol. The number of rotatable bonds is 6. The highest BCUT2D eigenvalue weighted by Gasteiger charge is 2.08. The largest absolute Gasteiger partial charge is 0.490 e. The lowest BCUT2D eigenvalue weighted by atomic mass is 10.1. The average Bonchev–Trinajstić information content (AvgIpc) is 2.46. The van der Waals surface area contributed by atoms with E-state index in [4.69, 9.17) is 4.74 Å². The molecular formula is C17H23NO2. The van der Waals surface area contributed by atoms with E-state index in [0.29, 0.717) is 0 Å². The van der Waals surface area contributed by atoms with Crippen LogP contribution in [-0.4, -0.2) is 25.0 Å². The number of aliphatic hydroxyl groups excluding tert-OH is 1. The topological polar surface area (TPSA) is 32.7 Å². The molecule has 1 atom stereocenters. The molecule has 108 valence electrons. The minimum atomic E-state index is 0.00916. The van der Waals surface area contributed by atoms with Crippen molar-refractivity contribution in [2.75, 3.05) is 18.7 Å². The first-order valence-electron chi connectivity index (χ1n) is 7.17. The fraction of sp³-hybridized carbons (Fsp3) is 0.412. The molecule has 0 radical (unpaired) electrons. The van der Waals surface area contributed by atoms with E-state index in [2.05, 4.69) is 32.0 Å². The Morgan fingerprint density at radius 3 is 2.75 bits per heavy atom. The summed E-state index contributed by atoms with van der Waals surface area (Å²) in [5, 5.41) is 11.4. The Bertz CT molecular complexity index is 568. The van der Waals surface area contributed by atoms with Crippen LogP contribution >= 0.6 is 0 Å². The van der Waals surface area contributed by atoms with Gasteiger partial charge in [0.2, 0.25) is 0 Å². The second-order valence-electron chi connectivity index (χ2n) is 5.22. The van der Waals surface area contributed by atoms with E-state index in [-0.39, 0.29) is 12.8 Å². The van der Waals surface area contributed by atoms with Crippen molar-refractivity contribution in [2.45, 2.75) is 32.8 Å². The molecule has 0 heterocycles. The van der Waals surface area contributed by atoms with Crippen LogP contribution in [0, 0.1) is 0 Å². The van der Waals surface area contributed by atoms with Crippen LogP contribution in [0.1, 0.15) is 26.7 Å². The van der Waals surface area contributed by atoms with Gasteiger partial charge in [-0.15, -0.1) is 0 Å². The predicted octanol–water partition coefficient (Wildman–Crippen LogP) is 3.79. The van der Waals surface area contributed by atoms with Crippen LogP contribution in [-0.2, 0) is 0 Å². The number of fused-ring (bicyclic) bond motifs is 1. The summed E-state index contributed by atoms with van der Waals surface area (Å²) < 4.78 is 6.03. The summed E-state index contributed by atoms with van der Waals surface area (Å²) in [5.41, 5.74) is 0.999. The van der Waals surface area contributed by atoms with E-state index in [9.17, 15) is 5.11 Å². The smallest absolute Gasteiger partial charge is 0.127 e. The zero-order chi connectivity index (χ0) is 14.5. The van der Waals surface area contributed by atoms with Crippen molar-refractivity contribution >= 4 is 16.5 Å². The van der Waals surface area contributed by atoms with Crippen LogP contribution in [0.4, 0.5) is 5.69 Å². The molecule has 2 rings (SSSR count). The molecule has 0 saturated carbocycles. The van der Waals surface area contributed by atoms with Gasteiger partial charge in [0.15, 0.2) is 0 Å². The molecule has 20 heavy (non-hydrogen) atoms. The second-order valence-corrected chi connectivity index (χ2v) is 5.22. The van der Waals surface area contributed by atoms with Crippen molar-refractivity contribution in [1.29, 1.82) is 0 Å². The molecule has 0 spiro atoms. The summed E-state index contributed by atoms with van der Waals surface area (Å²) in [5.74, 6) is 0.932. The second kappa shape index (κ2) is 6.62. The molecule has 2 aromatic carbocycles. The van der Waals surface area contributed by atoms with Crippen molar-refractivity contribution in [3.63, 3.8) is 0 Å². The first-order valence-corrected chi connectivity index (χ1v) is 7.17. The first-order chi connectivity index (χ1) is 9.65. The normalized spacial score (nSPS) is 12.4. The van der Waals surface area contributed by atoms with Crippen molar-refractivity contribution in [1.82, 2.24) is 0 Å². The Balaban J connectivity index is 2.33. The zero-order valence-electron chi connectivity index (χ0n) is 12.5. The highest BCUT2D eigenvalue weighted by atomic mass is 16.5. The maximum Gasteiger partial charge on any atom is 0.127 e. The Kier molecular flexibility index (Phi) is 4.85. The predicted molar refractivity (Wildman–Crippen MR) is 84.4 cm³/mol. The van der Waals surface area contributed by atoms with Gasteiger partial charge in [-0.2, -0.15) is 0 Å². The van der Waals surface area contributed by atoms with Crippen LogP contribution in [0.2, 0.25) is 0 Å². The fourth-order valence-corrected chi connectivity index (χ4v) is 2.35. The van der Waals surface area contributed by atoms with Gasteiger partial charge in [0.1, 0.15) is 12.5 Å². The van der Waals surface area contributed by atoms with Gasteiger partial charge >= 0.3 is 0 Å². The Hall–Kier alpha value is -1.74. The molecule has 1 N–H and O–H groups in total. The quantitative estimate of drug-likeness (QED) is 0.813. The van der Waals surface area contributed by atoms with Gasteiger partial charge in [0, 0.05) is 18.1 Å². The first kappa shape index (κ1) is 14.7. The minimum Gasteiger partial charge on any atom is -0.490 e. The third-order valence-electron chi connectivity index (χ3n) is 3.50. The molecule has 3 heteroatoms. The van der Waals surface area contributed by atoms with Crippen molar-refractivity contribution in [3.8, 4) is 5.75 Å². The minimum absolute atomic E-state index is 0.00916. The zero-order valence-corrected chi connectivity index (χ0v) is 12.5. The maximum absolute atomic E-state index is 9.19. The molecular weight excluding hydrogens is 250 g/mol. The summed E-state index contributed by atoms with van der Waals surface area (Å²) in [6, 6.07) is 12.2. The molecule has 0 aromatic heterocycles.